The van der Waals surface area contributed by atoms with E-state index in [9.17, 15) is 4.79 Å². The van der Waals surface area contributed by atoms with Crippen LogP contribution in [-0.4, -0.2) is 28.6 Å². The molecule has 0 aromatic heterocycles. The lowest BCUT2D eigenvalue weighted by Gasteiger charge is -2.21. The monoisotopic (exact) mass is 253 g/mol. The number of likely N-dealkylation sites (tertiary alicyclic amines) is 1. The lowest BCUT2D eigenvalue weighted by Crippen LogP contribution is -2.35. The van der Waals surface area contributed by atoms with Crippen LogP contribution in [0.2, 0.25) is 5.02 Å². The molecule has 1 aromatic carbocycles. The zero-order valence-electron chi connectivity index (χ0n) is 9.82. The first kappa shape index (κ1) is 12.4. The molecule has 1 fully saturated rings. The van der Waals surface area contributed by atoms with Crippen molar-refractivity contribution in [1.82, 2.24) is 4.90 Å². The molecule has 0 radical (unpaired) electrons. The van der Waals surface area contributed by atoms with Gasteiger partial charge >= 0.3 is 5.97 Å². The van der Waals surface area contributed by atoms with Gasteiger partial charge in [0.1, 0.15) is 6.04 Å². The van der Waals surface area contributed by atoms with Gasteiger partial charge in [-0.2, -0.15) is 0 Å². The van der Waals surface area contributed by atoms with Crippen LogP contribution in [0.15, 0.2) is 18.2 Å². The molecule has 1 aliphatic rings. The zero-order valence-corrected chi connectivity index (χ0v) is 10.6. The molecule has 1 aromatic rings. The first-order valence-electron chi connectivity index (χ1n) is 5.80. The van der Waals surface area contributed by atoms with Crippen molar-refractivity contribution in [1.29, 1.82) is 0 Å². The highest BCUT2D eigenvalue weighted by Gasteiger charge is 2.30. The summed E-state index contributed by atoms with van der Waals surface area (Å²) in [7, 11) is 0. The van der Waals surface area contributed by atoms with E-state index in [0.29, 0.717) is 6.54 Å². The van der Waals surface area contributed by atoms with Crippen molar-refractivity contribution in [2.75, 3.05) is 6.54 Å². The van der Waals surface area contributed by atoms with Crippen molar-refractivity contribution in [3.8, 4) is 0 Å². The minimum absolute atomic E-state index is 0.328. The predicted molar refractivity (Wildman–Crippen MR) is 67.3 cm³/mol. The van der Waals surface area contributed by atoms with Gasteiger partial charge in [0.2, 0.25) is 0 Å². The summed E-state index contributed by atoms with van der Waals surface area (Å²) in [6.07, 6.45) is 1.71. The van der Waals surface area contributed by atoms with Gasteiger partial charge in [-0.1, -0.05) is 23.7 Å². The van der Waals surface area contributed by atoms with Gasteiger partial charge < -0.3 is 5.11 Å². The van der Waals surface area contributed by atoms with Crippen molar-refractivity contribution in [2.24, 2.45) is 0 Å². The normalized spacial score (nSPS) is 20.7. The van der Waals surface area contributed by atoms with Gasteiger partial charge in [-0.25, -0.2) is 0 Å². The maximum absolute atomic E-state index is 11.1. The Bertz CT molecular complexity index is 433. The van der Waals surface area contributed by atoms with Crippen molar-refractivity contribution in [3.63, 3.8) is 0 Å². The summed E-state index contributed by atoms with van der Waals surface area (Å²) >= 11 is 5.97. The molecule has 2 rings (SSSR count). The van der Waals surface area contributed by atoms with E-state index in [2.05, 4.69) is 0 Å². The summed E-state index contributed by atoms with van der Waals surface area (Å²) in [5.74, 6) is -0.715. The van der Waals surface area contributed by atoms with E-state index in [1.807, 2.05) is 30.0 Å². The Morgan fingerprint density at radius 1 is 1.59 bits per heavy atom. The summed E-state index contributed by atoms with van der Waals surface area (Å²) in [6.45, 7) is 3.51. The fourth-order valence-electron chi connectivity index (χ4n) is 2.33. The molecule has 17 heavy (non-hydrogen) atoms. The SMILES string of the molecule is Cc1cc(CN2CCCC2C(=O)O)ccc1Cl. The molecule has 1 heterocycles. The van der Waals surface area contributed by atoms with Crippen molar-refractivity contribution in [3.05, 3.63) is 34.3 Å². The molecule has 1 unspecified atom stereocenters. The van der Waals surface area contributed by atoms with E-state index in [4.69, 9.17) is 16.7 Å². The maximum atomic E-state index is 11.1. The van der Waals surface area contributed by atoms with Crippen molar-refractivity contribution in [2.45, 2.75) is 32.4 Å². The predicted octanol–water partition coefficient (Wildman–Crippen LogP) is 2.70. The standard InChI is InChI=1S/C13H16ClNO2/c1-9-7-10(4-5-11(9)14)8-15-6-2-3-12(15)13(16)17/h4-5,7,12H,2-3,6,8H2,1H3,(H,16,17). The average Bonchev–Trinajstić information content (AvgIpc) is 2.72. The molecule has 1 atom stereocenters. The van der Waals surface area contributed by atoms with Crippen LogP contribution in [0.3, 0.4) is 0 Å². The second kappa shape index (κ2) is 5.07. The largest absolute Gasteiger partial charge is 0.480 e. The van der Waals surface area contributed by atoms with Crippen LogP contribution in [0, 0.1) is 6.92 Å². The molecule has 0 saturated carbocycles. The number of aliphatic carboxylic acids is 1. The summed E-state index contributed by atoms with van der Waals surface area (Å²) in [5.41, 5.74) is 2.16. The van der Waals surface area contributed by atoms with E-state index in [-0.39, 0.29) is 6.04 Å². The lowest BCUT2D eigenvalue weighted by molar-refractivity contribution is -0.142. The molecule has 1 saturated heterocycles. The minimum Gasteiger partial charge on any atom is -0.480 e. The van der Waals surface area contributed by atoms with Gasteiger partial charge in [-0.15, -0.1) is 0 Å². The Labute approximate surface area is 106 Å². The summed E-state index contributed by atoms with van der Waals surface area (Å²) in [6, 6.07) is 5.54. The quantitative estimate of drug-likeness (QED) is 0.901. The molecule has 0 bridgehead atoms. The summed E-state index contributed by atoms with van der Waals surface area (Å²) in [4.78, 5) is 13.1. The second-order valence-electron chi connectivity index (χ2n) is 4.55. The molecule has 1 N–H and O–H groups in total. The lowest BCUT2D eigenvalue weighted by atomic mass is 10.1. The number of carboxylic acids is 1. The third kappa shape index (κ3) is 2.79. The Kier molecular flexibility index (Phi) is 3.69. The summed E-state index contributed by atoms with van der Waals surface area (Å²) < 4.78 is 0. The number of hydrogen-bond donors (Lipinski definition) is 1. The van der Waals surface area contributed by atoms with E-state index < -0.39 is 5.97 Å². The number of carbonyl (C=O) groups is 1. The van der Waals surface area contributed by atoms with Crippen LogP contribution in [0.25, 0.3) is 0 Å². The Morgan fingerprint density at radius 2 is 2.35 bits per heavy atom. The molecule has 1 aliphatic heterocycles. The van der Waals surface area contributed by atoms with Crippen LogP contribution in [-0.2, 0) is 11.3 Å². The number of hydrogen-bond acceptors (Lipinski definition) is 2. The average molecular weight is 254 g/mol. The van der Waals surface area contributed by atoms with Gasteiger partial charge in [0.15, 0.2) is 0 Å². The van der Waals surface area contributed by atoms with E-state index in [0.717, 1.165) is 35.5 Å². The molecule has 3 nitrogen and oxygen atoms in total. The third-order valence-corrected chi connectivity index (χ3v) is 3.68. The number of nitrogens with zero attached hydrogens (tertiary/aromatic N) is 1. The van der Waals surface area contributed by atoms with Crippen LogP contribution in [0.5, 0.6) is 0 Å². The number of rotatable bonds is 3. The van der Waals surface area contributed by atoms with E-state index in [1.54, 1.807) is 0 Å². The highest BCUT2D eigenvalue weighted by atomic mass is 35.5. The van der Waals surface area contributed by atoms with Crippen LogP contribution >= 0.6 is 11.6 Å². The van der Waals surface area contributed by atoms with E-state index in [1.165, 1.54) is 0 Å². The van der Waals surface area contributed by atoms with Crippen LogP contribution in [0.4, 0.5) is 0 Å². The summed E-state index contributed by atoms with van der Waals surface area (Å²) in [5, 5.41) is 9.85. The molecule has 92 valence electrons. The van der Waals surface area contributed by atoms with Crippen LogP contribution < -0.4 is 0 Å². The highest BCUT2D eigenvalue weighted by Crippen LogP contribution is 2.22. The topological polar surface area (TPSA) is 40.5 Å². The number of halogens is 1. The van der Waals surface area contributed by atoms with Gasteiger partial charge in [-0.05, 0) is 43.5 Å². The molecule has 0 aliphatic carbocycles. The maximum Gasteiger partial charge on any atom is 0.320 e. The number of carboxylic acid groups (broad SMARTS) is 1. The zero-order chi connectivity index (χ0) is 12.4. The first-order chi connectivity index (χ1) is 8.08. The Morgan fingerprint density at radius 3 is 3.00 bits per heavy atom. The fraction of sp³-hybridized carbons (Fsp3) is 0.462. The Hall–Kier alpha value is -1.06. The van der Waals surface area contributed by atoms with Gasteiger partial charge in [0, 0.05) is 11.6 Å². The van der Waals surface area contributed by atoms with Gasteiger partial charge in [0.25, 0.3) is 0 Å². The molecular weight excluding hydrogens is 238 g/mol. The minimum atomic E-state index is -0.715. The highest BCUT2D eigenvalue weighted by molar-refractivity contribution is 6.31. The smallest absolute Gasteiger partial charge is 0.320 e. The van der Waals surface area contributed by atoms with Gasteiger partial charge in [0.05, 0.1) is 0 Å². The first-order valence-corrected chi connectivity index (χ1v) is 6.17. The molecule has 4 heteroatoms. The van der Waals surface area contributed by atoms with Gasteiger partial charge in [-0.3, -0.25) is 9.69 Å². The molecular formula is C13H16ClNO2. The number of aryl methyl sites for hydroxylation is 1. The van der Waals surface area contributed by atoms with E-state index >= 15 is 0 Å². The molecule has 0 spiro atoms. The van der Waals surface area contributed by atoms with Crippen molar-refractivity contribution < 1.29 is 9.90 Å². The van der Waals surface area contributed by atoms with Crippen LogP contribution in [0.1, 0.15) is 24.0 Å². The Balaban J connectivity index is 2.09. The molecule has 0 amide bonds. The fourth-order valence-corrected chi connectivity index (χ4v) is 2.45. The third-order valence-electron chi connectivity index (χ3n) is 3.26. The second-order valence-corrected chi connectivity index (χ2v) is 4.96. The number of benzene rings is 1. The van der Waals surface area contributed by atoms with Crippen molar-refractivity contribution >= 4 is 17.6 Å².